The molecule has 1 aliphatic carbocycles. The van der Waals surface area contributed by atoms with E-state index in [9.17, 15) is 10.1 Å². The molecule has 214 valence electrons. The number of ether oxygens (including phenoxy) is 1. The van der Waals surface area contributed by atoms with Crippen molar-refractivity contribution < 1.29 is 13.9 Å². The van der Waals surface area contributed by atoms with Crippen LogP contribution in [0.15, 0.2) is 66.5 Å². The van der Waals surface area contributed by atoms with Crippen LogP contribution in [-0.4, -0.2) is 50.2 Å². The van der Waals surface area contributed by atoms with Gasteiger partial charge in [0, 0.05) is 29.1 Å². The van der Waals surface area contributed by atoms with Gasteiger partial charge in [0.1, 0.15) is 41.2 Å². The van der Waals surface area contributed by atoms with E-state index in [2.05, 4.69) is 26.7 Å². The number of likely N-dealkylation sites (N-methyl/N-ethyl adjacent to an activating group) is 1. The summed E-state index contributed by atoms with van der Waals surface area (Å²) >= 11 is 0. The Bertz CT molecular complexity index is 1710. The van der Waals surface area contributed by atoms with E-state index in [1.54, 1.807) is 35.0 Å². The van der Waals surface area contributed by atoms with Crippen LogP contribution in [0.2, 0.25) is 0 Å². The Hall–Kier alpha value is -4.66. The molecule has 2 aromatic heterocycles. The number of Topliss-reactive ketones (excluding diaryl/α,β-unsaturated/α-hetero) is 1. The Morgan fingerprint density at radius 2 is 2.07 bits per heavy atom. The highest BCUT2D eigenvalue weighted by atomic mass is 19.1. The number of halogens is 1. The number of ketones is 1. The number of allylic oxidation sites excluding steroid dienone is 1. The SMILES string of the molecule is CCNC1(/C=C(/C#N)C(=O)C2CCNC2Cn2nc(-c3ccc(Oc4ccccc4)cc3F)c3c(N)ncnc32)CC1. The Labute approximate surface area is 242 Å². The molecule has 1 saturated heterocycles. The zero-order valence-electron chi connectivity index (χ0n) is 23.2. The van der Waals surface area contributed by atoms with Crippen molar-refractivity contribution in [1.82, 2.24) is 30.4 Å². The van der Waals surface area contributed by atoms with Gasteiger partial charge in [-0.15, -0.1) is 0 Å². The van der Waals surface area contributed by atoms with Crippen LogP contribution in [-0.2, 0) is 11.3 Å². The van der Waals surface area contributed by atoms with Crippen molar-refractivity contribution in [2.75, 3.05) is 18.8 Å². The zero-order chi connectivity index (χ0) is 29.3. The van der Waals surface area contributed by atoms with Crippen LogP contribution in [0.5, 0.6) is 11.5 Å². The van der Waals surface area contributed by atoms with E-state index < -0.39 is 11.7 Å². The molecule has 2 aromatic carbocycles. The quantitative estimate of drug-likeness (QED) is 0.190. The van der Waals surface area contributed by atoms with Gasteiger partial charge in [-0.05, 0) is 62.7 Å². The number of fused-ring (bicyclic) bond motifs is 1. The van der Waals surface area contributed by atoms with Gasteiger partial charge < -0.3 is 21.1 Å². The van der Waals surface area contributed by atoms with Gasteiger partial charge in [0.15, 0.2) is 11.4 Å². The van der Waals surface area contributed by atoms with Gasteiger partial charge in [0.25, 0.3) is 0 Å². The number of nitrogen functional groups attached to an aromatic ring is 1. The number of anilines is 1. The van der Waals surface area contributed by atoms with E-state index >= 15 is 4.39 Å². The monoisotopic (exact) mass is 566 g/mol. The molecule has 1 aliphatic heterocycles. The molecule has 11 heteroatoms. The molecule has 2 unspecified atom stereocenters. The molecule has 42 heavy (non-hydrogen) atoms. The molecule has 3 heterocycles. The van der Waals surface area contributed by atoms with Crippen molar-refractivity contribution in [2.24, 2.45) is 5.92 Å². The van der Waals surface area contributed by atoms with E-state index in [1.807, 2.05) is 25.1 Å². The normalized spacial score (nSPS) is 19.5. The van der Waals surface area contributed by atoms with Crippen LogP contribution in [0.25, 0.3) is 22.3 Å². The number of benzene rings is 2. The van der Waals surface area contributed by atoms with Crippen LogP contribution in [0, 0.1) is 23.1 Å². The smallest absolute Gasteiger partial charge is 0.177 e. The summed E-state index contributed by atoms with van der Waals surface area (Å²) in [6.07, 6.45) is 5.55. The molecule has 10 nitrogen and oxygen atoms in total. The summed E-state index contributed by atoms with van der Waals surface area (Å²) in [4.78, 5) is 22.1. The van der Waals surface area contributed by atoms with Crippen molar-refractivity contribution in [3.8, 4) is 28.8 Å². The maximum atomic E-state index is 15.5. The number of aromatic nitrogens is 4. The minimum absolute atomic E-state index is 0.171. The summed E-state index contributed by atoms with van der Waals surface area (Å²) in [5, 5.41) is 21.8. The number of nitrogens with two attached hydrogens (primary N) is 1. The second-order valence-electron chi connectivity index (χ2n) is 10.7. The lowest BCUT2D eigenvalue weighted by molar-refractivity contribution is -0.119. The number of nitriles is 1. The van der Waals surface area contributed by atoms with Crippen molar-refractivity contribution >= 4 is 22.6 Å². The zero-order valence-corrected chi connectivity index (χ0v) is 23.2. The van der Waals surface area contributed by atoms with Gasteiger partial charge in [0.2, 0.25) is 0 Å². The highest BCUT2D eigenvalue weighted by Gasteiger charge is 2.42. The second-order valence-corrected chi connectivity index (χ2v) is 10.7. The molecule has 4 N–H and O–H groups in total. The van der Waals surface area contributed by atoms with Gasteiger partial charge in [-0.3, -0.25) is 4.79 Å². The van der Waals surface area contributed by atoms with Crippen LogP contribution >= 0.6 is 0 Å². The van der Waals surface area contributed by atoms with Crippen molar-refractivity contribution in [3.63, 3.8) is 0 Å². The first-order valence-electron chi connectivity index (χ1n) is 14.1. The lowest BCUT2D eigenvalue weighted by Gasteiger charge is -2.19. The molecule has 2 atom stereocenters. The molecule has 0 bridgehead atoms. The fourth-order valence-electron chi connectivity index (χ4n) is 5.68. The lowest BCUT2D eigenvalue weighted by Crippen LogP contribution is -2.37. The summed E-state index contributed by atoms with van der Waals surface area (Å²) in [7, 11) is 0. The van der Waals surface area contributed by atoms with E-state index in [4.69, 9.17) is 15.6 Å². The van der Waals surface area contributed by atoms with Crippen LogP contribution in [0.4, 0.5) is 10.2 Å². The van der Waals surface area contributed by atoms with E-state index in [0.717, 1.165) is 19.4 Å². The number of nitrogens with zero attached hydrogens (tertiary/aromatic N) is 5. The first-order chi connectivity index (χ1) is 20.4. The predicted octanol–water partition coefficient (Wildman–Crippen LogP) is 4.15. The van der Waals surface area contributed by atoms with Crippen molar-refractivity contribution in [1.29, 1.82) is 5.26 Å². The standard InChI is InChI=1S/C31H31FN8O2/c1-2-38-31(11-12-31)15-19(16-33)28(41)23-10-13-35-25(23)17-40-30-26(29(34)36-18-37-30)27(39-40)22-9-8-21(14-24(22)32)42-20-6-4-3-5-7-20/h3-9,14-15,18,23,25,35,38H,2,10-13,17H2,1H3,(H2,34,36,37)/b19-15-. The third-order valence-electron chi connectivity index (χ3n) is 7.91. The summed E-state index contributed by atoms with van der Waals surface area (Å²) in [5.41, 5.74) is 7.13. The number of rotatable bonds is 10. The molecular formula is C31H31FN8O2. The highest BCUT2D eigenvalue weighted by molar-refractivity contribution is 6.01. The molecular weight excluding hydrogens is 535 g/mol. The highest BCUT2D eigenvalue weighted by Crippen LogP contribution is 2.39. The maximum Gasteiger partial charge on any atom is 0.177 e. The Morgan fingerprint density at radius 3 is 2.79 bits per heavy atom. The first kappa shape index (κ1) is 27.5. The third-order valence-corrected chi connectivity index (χ3v) is 7.91. The number of para-hydroxylation sites is 1. The minimum Gasteiger partial charge on any atom is -0.457 e. The summed E-state index contributed by atoms with van der Waals surface area (Å²) in [6, 6.07) is 15.5. The average molecular weight is 567 g/mol. The Kier molecular flexibility index (Phi) is 7.41. The fraction of sp³-hybridized carbons (Fsp3) is 0.323. The average Bonchev–Trinajstić information content (AvgIpc) is 3.41. The van der Waals surface area contributed by atoms with E-state index in [1.165, 1.54) is 12.4 Å². The van der Waals surface area contributed by atoms with Crippen molar-refractivity contribution in [3.05, 3.63) is 72.3 Å². The van der Waals surface area contributed by atoms with Crippen LogP contribution < -0.4 is 21.1 Å². The molecule has 0 amide bonds. The van der Waals surface area contributed by atoms with Crippen molar-refractivity contribution in [2.45, 2.75) is 44.3 Å². The van der Waals surface area contributed by atoms with Gasteiger partial charge in [-0.1, -0.05) is 25.1 Å². The summed E-state index contributed by atoms with van der Waals surface area (Å²) in [6.45, 7) is 3.67. The number of hydrogen-bond acceptors (Lipinski definition) is 9. The van der Waals surface area contributed by atoms with E-state index in [0.29, 0.717) is 41.2 Å². The lowest BCUT2D eigenvalue weighted by atomic mass is 9.90. The second kappa shape index (κ2) is 11.3. The molecule has 2 fully saturated rings. The number of hydrogen-bond donors (Lipinski definition) is 3. The topological polar surface area (TPSA) is 144 Å². The first-order valence-corrected chi connectivity index (χ1v) is 14.1. The molecule has 1 saturated carbocycles. The summed E-state index contributed by atoms with van der Waals surface area (Å²) in [5.74, 6) is -0.0262. The molecule has 0 radical (unpaired) electrons. The largest absolute Gasteiger partial charge is 0.457 e. The Balaban J connectivity index is 1.29. The molecule has 6 rings (SSSR count). The molecule has 2 aliphatic rings. The van der Waals surface area contributed by atoms with Gasteiger partial charge in [-0.25, -0.2) is 19.0 Å². The number of nitrogens with one attached hydrogen (secondary N) is 2. The van der Waals surface area contributed by atoms with Crippen LogP contribution in [0.1, 0.15) is 26.2 Å². The number of carbonyl (C=O) groups excluding carboxylic acids is 1. The van der Waals surface area contributed by atoms with Crippen LogP contribution in [0.3, 0.4) is 0 Å². The predicted molar refractivity (Wildman–Crippen MR) is 156 cm³/mol. The minimum atomic E-state index is -0.538. The van der Waals surface area contributed by atoms with Gasteiger partial charge in [0.05, 0.1) is 17.5 Å². The molecule has 0 spiro atoms. The van der Waals surface area contributed by atoms with Gasteiger partial charge >= 0.3 is 0 Å². The Morgan fingerprint density at radius 1 is 1.26 bits per heavy atom. The van der Waals surface area contributed by atoms with E-state index in [-0.39, 0.29) is 40.9 Å². The van der Waals surface area contributed by atoms with Gasteiger partial charge in [-0.2, -0.15) is 10.4 Å². The molecule has 4 aromatic rings. The number of carbonyl (C=O) groups is 1. The summed E-state index contributed by atoms with van der Waals surface area (Å²) < 4.78 is 22.9. The fourth-order valence-corrected chi connectivity index (χ4v) is 5.68. The third kappa shape index (κ3) is 5.34. The maximum absolute atomic E-state index is 15.5.